The van der Waals surface area contributed by atoms with Gasteiger partial charge >= 0.3 is 0 Å². The first-order valence-electron chi connectivity index (χ1n) is 3.11. The third-order valence-electron chi connectivity index (χ3n) is 1.16. The zero-order valence-electron chi connectivity index (χ0n) is 6.64. The average molecular weight is 158 g/mol. The van der Waals surface area contributed by atoms with E-state index in [4.69, 9.17) is 11.5 Å². The van der Waals surface area contributed by atoms with Crippen LogP contribution < -0.4 is 11.5 Å². The first-order chi connectivity index (χ1) is 4.34. The summed E-state index contributed by atoms with van der Waals surface area (Å²) in [5.74, 6) is 0. The molecule has 0 aliphatic carbocycles. The van der Waals surface area contributed by atoms with Crippen LogP contribution >= 0.6 is 12.2 Å². The van der Waals surface area contributed by atoms with Crippen molar-refractivity contribution in [1.82, 2.24) is 0 Å². The molecule has 0 unspecified atom stereocenters. The number of hydrogen-bond donors (Lipinski definition) is 2. The van der Waals surface area contributed by atoms with E-state index >= 15 is 0 Å². The van der Waals surface area contributed by atoms with Gasteiger partial charge in [0.15, 0.2) is 0 Å². The molecule has 0 rings (SSSR count). The van der Waals surface area contributed by atoms with Crippen molar-refractivity contribution in [2.45, 2.75) is 20.8 Å². The van der Waals surface area contributed by atoms with Crippen LogP contribution in [0.2, 0.25) is 0 Å². The number of thiocarbonyl (C=S) groups is 1. The summed E-state index contributed by atoms with van der Waals surface area (Å²) in [4.78, 5) is 0.340. The summed E-state index contributed by atoms with van der Waals surface area (Å²) >= 11 is 4.66. The Morgan fingerprint density at radius 1 is 1.30 bits per heavy atom. The number of hydrogen-bond acceptors (Lipinski definition) is 2. The highest BCUT2D eigenvalue weighted by atomic mass is 32.1. The maximum Gasteiger partial charge on any atom is 0.0979 e. The Hall–Kier alpha value is -0.570. The maximum atomic E-state index is 5.65. The monoisotopic (exact) mass is 158 g/mol. The zero-order chi connectivity index (χ0) is 8.36. The predicted molar refractivity (Wildman–Crippen MR) is 48.5 cm³/mol. The molecule has 0 atom stereocenters. The van der Waals surface area contributed by atoms with E-state index in [0.29, 0.717) is 4.99 Å². The quantitative estimate of drug-likeness (QED) is 0.445. The van der Waals surface area contributed by atoms with Gasteiger partial charge in [0.1, 0.15) is 0 Å². The molecular weight excluding hydrogens is 144 g/mol. The van der Waals surface area contributed by atoms with E-state index in [2.05, 4.69) is 12.2 Å². The van der Waals surface area contributed by atoms with Crippen molar-refractivity contribution >= 4 is 17.2 Å². The van der Waals surface area contributed by atoms with Gasteiger partial charge in [-0.15, -0.1) is 0 Å². The van der Waals surface area contributed by atoms with Gasteiger partial charge in [-0.25, -0.2) is 0 Å². The van der Waals surface area contributed by atoms with E-state index in [0.717, 1.165) is 5.70 Å². The van der Waals surface area contributed by atoms with E-state index in [9.17, 15) is 0 Å². The van der Waals surface area contributed by atoms with Crippen LogP contribution in [0.3, 0.4) is 0 Å². The van der Waals surface area contributed by atoms with Gasteiger partial charge in [-0.05, 0) is 6.08 Å². The van der Waals surface area contributed by atoms with Crippen molar-refractivity contribution in [3.05, 3.63) is 11.8 Å². The molecule has 0 saturated heterocycles. The topological polar surface area (TPSA) is 52.0 Å². The van der Waals surface area contributed by atoms with Crippen LogP contribution in [0, 0.1) is 5.41 Å². The Bertz CT molecular complexity index is 165. The highest BCUT2D eigenvalue weighted by Gasteiger charge is 2.12. The Morgan fingerprint density at radius 3 is 1.80 bits per heavy atom. The van der Waals surface area contributed by atoms with E-state index in [1.807, 2.05) is 20.8 Å². The second-order valence-electron chi connectivity index (χ2n) is 3.25. The first kappa shape index (κ1) is 9.43. The van der Waals surface area contributed by atoms with Crippen molar-refractivity contribution in [2.75, 3.05) is 0 Å². The van der Waals surface area contributed by atoms with Crippen LogP contribution in [0.5, 0.6) is 0 Å². The Balaban J connectivity index is 4.35. The standard InChI is InChI=1S/C7H14N2S/c1-7(2,3)5(8)4-6(9)10/h4H,8H2,1-3H3,(H2,9,10)/b5-4-. The minimum Gasteiger partial charge on any atom is -0.402 e. The van der Waals surface area contributed by atoms with Gasteiger partial charge in [0.2, 0.25) is 0 Å². The molecule has 0 aromatic rings. The Kier molecular flexibility index (Phi) is 2.84. The molecule has 58 valence electrons. The largest absolute Gasteiger partial charge is 0.402 e. The van der Waals surface area contributed by atoms with Gasteiger partial charge in [0.05, 0.1) is 4.99 Å². The highest BCUT2D eigenvalue weighted by molar-refractivity contribution is 7.80. The minimum atomic E-state index is -0.0383. The van der Waals surface area contributed by atoms with Crippen LogP contribution in [0.4, 0.5) is 0 Å². The van der Waals surface area contributed by atoms with E-state index < -0.39 is 0 Å². The van der Waals surface area contributed by atoms with Crippen LogP contribution in [0.15, 0.2) is 11.8 Å². The lowest BCUT2D eigenvalue weighted by Gasteiger charge is -2.18. The molecule has 0 radical (unpaired) electrons. The van der Waals surface area contributed by atoms with Crippen molar-refractivity contribution in [3.8, 4) is 0 Å². The first-order valence-corrected chi connectivity index (χ1v) is 3.52. The summed E-state index contributed by atoms with van der Waals surface area (Å²) in [5.41, 5.74) is 11.6. The lowest BCUT2D eigenvalue weighted by Crippen LogP contribution is -2.19. The fraction of sp³-hybridized carbons (Fsp3) is 0.571. The fourth-order valence-corrected chi connectivity index (χ4v) is 0.497. The Morgan fingerprint density at radius 2 is 1.70 bits per heavy atom. The smallest absolute Gasteiger partial charge is 0.0979 e. The molecule has 0 saturated carbocycles. The molecule has 0 aromatic carbocycles. The van der Waals surface area contributed by atoms with Gasteiger partial charge < -0.3 is 11.5 Å². The number of nitrogens with two attached hydrogens (primary N) is 2. The minimum absolute atomic E-state index is 0.0383. The second kappa shape index (κ2) is 3.01. The Labute approximate surface area is 67.3 Å². The molecule has 10 heavy (non-hydrogen) atoms. The number of rotatable bonds is 1. The summed E-state index contributed by atoms with van der Waals surface area (Å²) in [6, 6.07) is 0. The van der Waals surface area contributed by atoms with Crippen molar-refractivity contribution in [1.29, 1.82) is 0 Å². The molecule has 0 fully saturated rings. The second-order valence-corrected chi connectivity index (χ2v) is 3.72. The maximum absolute atomic E-state index is 5.65. The van der Waals surface area contributed by atoms with Gasteiger partial charge in [0, 0.05) is 11.1 Å². The fourth-order valence-electron chi connectivity index (χ4n) is 0.370. The van der Waals surface area contributed by atoms with E-state index in [1.165, 1.54) is 0 Å². The molecule has 0 aliphatic rings. The lowest BCUT2D eigenvalue weighted by molar-refractivity contribution is 0.498. The molecule has 0 heterocycles. The summed E-state index contributed by atoms with van der Waals surface area (Å²) in [5, 5.41) is 0. The van der Waals surface area contributed by atoms with Gasteiger partial charge in [-0.1, -0.05) is 33.0 Å². The lowest BCUT2D eigenvalue weighted by atomic mass is 9.92. The SMILES string of the molecule is CC(C)(C)/C(N)=C/C(N)=S. The molecule has 0 amide bonds. The molecular formula is C7H14N2S. The van der Waals surface area contributed by atoms with E-state index in [1.54, 1.807) is 6.08 Å². The van der Waals surface area contributed by atoms with Gasteiger partial charge in [0.25, 0.3) is 0 Å². The van der Waals surface area contributed by atoms with Crippen molar-refractivity contribution in [2.24, 2.45) is 16.9 Å². The normalized spacial score (nSPS) is 13.3. The number of allylic oxidation sites excluding steroid dienone is 1. The van der Waals surface area contributed by atoms with E-state index in [-0.39, 0.29) is 5.41 Å². The summed E-state index contributed by atoms with van der Waals surface area (Å²) in [6.45, 7) is 6.03. The summed E-state index contributed by atoms with van der Waals surface area (Å²) in [7, 11) is 0. The highest BCUT2D eigenvalue weighted by Crippen LogP contribution is 2.19. The molecule has 0 spiro atoms. The van der Waals surface area contributed by atoms with Crippen LogP contribution in [-0.2, 0) is 0 Å². The predicted octanol–water partition coefficient (Wildman–Crippen LogP) is 1.16. The molecule has 3 heteroatoms. The molecule has 0 aromatic heterocycles. The molecule has 0 bridgehead atoms. The average Bonchev–Trinajstić information content (AvgIpc) is 1.60. The summed E-state index contributed by atoms with van der Waals surface area (Å²) in [6.07, 6.45) is 1.62. The van der Waals surface area contributed by atoms with Crippen LogP contribution in [-0.4, -0.2) is 4.99 Å². The van der Waals surface area contributed by atoms with Crippen LogP contribution in [0.1, 0.15) is 20.8 Å². The summed E-state index contributed by atoms with van der Waals surface area (Å²) < 4.78 is 0. The van der Waals surface area contributed by atoms with Gasteiger partial charge in [-0.2, -0.15) is 0 Å². The molecule has 0 aliphatic heterocycles. The zero-order valence-corrected chi connectivity index (χ0v) is 7.46. The van der Waals surface area contributed by atoms with Crippen LogP contribution in [0.25, 0.3) is 0 Å². The van der Waals surface area contributed by atoms with Crippen molar-refractivity contribution < 1.29 is 0 Å². The van der Waals surface area contributed by atoms with Crippen molar-refractivity contribution in [3.63, 3.8) is 0 Å². The molecule has 2 nitrogen and oxygen atoms in total. The third kappa shape index (κ3) is 3.45. The third-order valence-corrected chi connectivity index (χ3v) is 1.28. The molecule has 4 N–H and O–H groups in total. The van der Waals surface area contributed by atoms with Gasteiger partial charge in [-0.3, -0.25) is 0 Å².